The minimum absolute atomic E-state index is 0.0159. The monoisotopic (exact) mass is 321 g/mol. The number of nitrogens with zero attached hydrogens (tertiary/aromatic N) is 2. The third kappa shape index (κ3) is 3.03. The van der Waals surface area contributed by atoms with E-state index in [1.54, 1.807) is 36.4 Å². The number of fused-ring (bicyclic) bond motifs is 1. The van der Waals surface area contributed by atoms with Gasteiger partial charge >= 0.3 is 0 Å². The Labute approximate surface area is 137 Å². The first-order valence-corrected chi connectivity index (χ1v) is 7.23. The molecule has 1 aromatic heterocycles. The van der Waals surface area contributed by atoms with Gasteiger partial charge in [-0.05, 0) is 31.2 Å². The number of anilines is 1. The zero-order chi connectivity index (χ0) is 17.1. The zero-order valence-electron chi connectivity index (χ0n) is 12.9. The topological polar surface area (TPSA) is 101 Å². The number of hydrogen-bond acceptors (Lipinski definition) is 6. The van der Waals surface area contributed by atoms with E-state index in [9.17, 15) is 9.90 Å². The molecule has 0 saturated carbocycles. The van der Waals surface area contributed by atoms with Gasteiger partial charge in [0.1, 0.15) is 16.9 Å². The fourth-order valence-electron chi connectivity index (χ4n) is 2.25. The molecule has 2 aromatic carbocycles. The number of rotatable bonds is 3. The van der Waals surface area contributed by atoms with Crippen LogP contribution < -0.4 is 11.2 Å². The van der Waals surface area contributed by atoms with E-state index in [2.05, 4.69) is 10.2 Å². The van der Waals surface area contributed by atoms with Gasteiger partial charge in [-0.3, -0.25) is 4.79 Å². The molecule has 0 fully saturated rings. The molecular weight excluding hydrogens is 306 g/mol. The van der Waals surface area contributed by atoms with Crippen LogP contribution in [0.4, 0.5) is 5.88 Å². The molecule has 6 nitrogen and oxygen atoms in total. The summed E-state index contributed by atoms with van der Waals surface area (Å²) in [6.45, 7) is 1.89. The molecule has 0 bridgehead atoms. The Hall–Kier alpha value is -3.41. The molecule has 3 N–H and O–H groups in total. The third-order valence-corrected chi connectivity index (χ3v) is 3.50. The molecule has 3 rings (SSSR count). The molecule has 120 valence electrons. The van der Waals surface area contributed by atoms with Crippen molar-refractivity contribution in [3.63, 3.8) is 0 Å². The normalized spacial score (nSPS) is 11.7. The fourth-order valence-corrected chi connectivity index (χ4v) is 2.25. The van der Waals surface area contributed by atoms with Crippen LogP contribution in [0.2, 0.25) is 0 Å². The fraction of sp³-hybridized carbons (Fsp3) is 0.0556. The Morgan fingerprint density at radius 3 is 2.67 bits per heavy atom. The van der Waals surface area contributed by atoms with Crippen LogP contribution in [-0.4, -0.2) is 17.5 Å². The highest BCUT2D eigenvalue weighted by Crippen LogP contribution is 2.18. The molecule has 24 heavy (non-hydrogen) atoms. The summed E-state index contributed by atoms with van der Waals surface area (Å²) in [5.41, 5.74) is 7.56. The molecule has 1 heterocycles. The number of phenols is 1. The van der Waals surface area contributed by atoms with Crippen molar-refractivity contribution in [2.45, 2.75) is 6.92 Å². The van der Waals surface area contributed by atoms with Crippen LogP contribution >= 0.6 is 0 Å². The second-order valence-electron chi connectivity index (χ2n) is 5.26. The van der Waals surface area contributed by atoms with Gasteiger partial charge < -0.3 is 15.3 Å². The lowest BCUT2D eigenvalue weighted by Crippen LogP contribution is -2.12. The van der Waals surface area contributed by atoms with Crippen LogP contribution in [0.25, 0.3) is 11.0 Å². The minimum Gasteiger partial charge on any atom is -0.507 e. The summed E-state index contributed by atoms with van der Waals surface area (Å²) in [5.74, 6) is 0.0783. The number of benzene rings is 2. The number of phenolic OH excluding ortho intramolecular Hbond substituents is 1. The van der Waals surface area contributed by atoms with Gasteiger partial charge in [0.25, 0.3) is 0 Å². The van der Waals surface area contributed by atoms with Gasteiger partial charge in [-0.25, -0.2) is 0 Å². The maximum Gasteiger partial charge on any atom is 0.203 e. The van der Waals surface area contributed by atoms with Gasteiger partial charge in [0.15, 0.2) is 0 Å². The summed E-state index contributed by atoms with van der Waals surface area (Å²) in [5, 5.41) is 17.7. The molecule has 0 spiro atoms. The van der Waals surface area contributed by atoms with E-state index >= 15 is 0 Å². The maximum absolute atomic E-state index is 12.5. The van der Waals surface area contributed by atoms with Crippen LogP contribution in [0.1, 0.15) is 16.7 Å². The van der Waals surface area contributed by atoms with Gasteiger partial charge in [-0.1, -0.05) is 23.8 Å². The Balaban J connectivity index is 1.95. The molecule has 6 heteroatoms. The smallest absolute Gasteiger partial charge is 0.203 e. The Kier molecular flexibility index (Phi) is 4.11. The molecule has 3 aromatic rings. The summed E-state index contributed by atoms with van der Waals surface area (Å²) >= 11 is 0. The average Bonchev–Trinajstić information content (AvgIpc) is 2.56. The molecule has 0 unspecified atom stereocenters. The number of aryl methyl sites for hydroxylation is 1. The van der Waals surface area contributed by atoms with E-state index in [1.165, 1.54) is 12.4 Å². The number of aromatic hydroxyl groups is 1. The number of hydrogen-bond donors (Lipinski definition) is 2. The first-order valence-electron chi connectivity index (χ1n) is 7.23. The summed E-state index contributed by atoms with van der Waals surface area (Å²) in [6, 6.07) is 12.0. The second-order valence-corrected chi connectivity index (χ2v) is 5.26. The SMILES string of the molecule is Cc1ccc2oc(N)c(/C=N/N=C/c3ccccc3O)c(=O)c2c1. The van der Waals surface area contributed by atoms with Gasteiger partial charge in [0, 0.05) is 5.56 Å². The Morgan fingerprint density at radius 2 is 1.88 bits per heavy atom. The first-order chi connectivity index (χ1) is 11.6. The van der Waals surface area contributed by atoms with Crippen LogP contribution in [-0.2, 0) is 0 Å². The van der Waals surface area contributed by atoms with Crippen LogP contribution in [0.5, 0.6) is 5.75 Å². The van der Waals surface area contributed by atoms with E-state index in [0.29, 0.717) is 16.5 Å². The molecule has 0 atom stereocenters. The lowest BCUT2D eigenvalue weighted by atomic mass is 10.1. The van der Waals surface area contributed by atoms with Crippen LogP contribution in [0.3, 0.4) is 0 Å². The molecule has 0 saturated heterocycles. The Morgan fingerprint density at radius 1 is 1.12 bits per heavy atom. The molecular formula is C18H15N3O3. The second kappa shape index (κ2) is 6.37. The molecule has 0 aliphatic carbocycles. The molecule has 0 radical (unpaired) electrons. The van der Waals surface area contributed by atoms with Gasteiger partial charge in [0.05, 0.1) is 17.8 Å². The quantitative estimate of drug-likeness (QED) is 0.572. The van der Waals surface area contributed by atoms with E-state index < -0.39 is 0 Å². The highest BCUT2D eigenvalue weighted by Gasteiger charge is 2.10. The standard InChI is InChI=1S/C18H15N3O3/c1-11-6-7-16-13(8-11)17(23)14(18(19)24-16)10-21-20-9-12-4-2-3-5-15(12)22/h2-10,22H,19H2,1H3/b20-9+,21-10+. The van der Waals surface area contributed by atoms with Crippen molar-refractivity contribution in [2.75, 3.05) is 5.73 Å². The predicted molar refractivity (Wildman–Crippen MR) is 94.9 cm³/mol. The van der Waals surface area contributed by atoms with Crippen molar-refractivity contribution in [3.8, 4) is 5.75 Å². The highest BCUT2D eigenvalue weighted by atomic mass is 16.3. The van der Waals surface area contributed by atoms with E-state index in [4.69, 9.17) is 10.2 Å². The van der Waals surface area contributed by atoms with Gasteiger partial charge in [-0.2, -0.15) is 10.2 Å². The van der Waals surface area contributed by atoms with Gasteiger partial charge in [-0.15, -0.1) is 0 Å². The Bertz CT molecular complexity index is 1020. The number of para-hydroxylation sites is 1. The van der Waals surface area contributed by atoms with Crippen molar-refractivity contribution in [1.29, 1.82) is 0 Å². The molecule has 0 amide bonds. The summed E-state index contributed by atoms with van der Waals surface area (Å²) < 4.78 is 5.46. The van der Waals surface area contributed by atoms with Crippen LogP contribution in [0.15, 0.2) is 61.9 Å². The zero-order valence-corrected chi connectivity index (χ0v) is 12.9. The van der Waals surface area contributed by atoms with Crippen molar-refractivity contribution < 1.29 is 9.52 Å². The number of nitrogens with two attached hydrogens (primary N) is 1. The first kappa shape index (κ1) is 15.5. The van der Waals surface area contributed by atoms with Gasteiger partial charge in [0.2, 0.25) is 11.3 Å². The molecule has 0 aliphatic heterocycles. The van der Waals surface area contributed by atoms with Crippen molar-refractivity contribution in [3.05, 3.63) is 69.4 Å². The summed E-state index contributed by atoms with van der Waals surface area (Å²) in [7, 11) is 0. The van der Waals surface area contributed by atoms with Crippen molar-refractivity contribution in [1.82, 2.24) is 0 Å². The van der Waals surface area contributed by atoms with Crippen LogP contribution in [0, 0.1) is 6.92 Å². The minimum atomic E-state index is -0.265. The van der Waals surface area contributed by atoms with E-state index in [0.717, 1.165) is 5.56 Å². The summed E-state index contributed by atoms with van der Waals surface area (Å²) in [6.07, 6.45) is 2.63. The number of nitrogen functional groups attached to an aromatic ring is 1. The van der Waals surface area contributed by atoms with Crippen molar-refractivity contribution in [2.24, 2.45) is 10.2 Å². The lowest BCUT2D eigenvalue weighted by Gasteiger charge is -2.02. The van der Waals surface area contributed by atoms with E-state index in [-0.39, 0.29) is 22.6 Å². The largest absolute Gasteiger partial charge is 0.507 e. The lowest BCUT2D eigenvalue weighted by molar-refractivity contribution is 0.474. The predicted octanol–water partition coefficient (Wildman–Crippen LogP) is 2.84. The van der Waals surface area contributed by atoms with E-state index in [1.807, 2.05) is 13.0 Å². The average molecular weight is 321 g/mol. The maximum atomic E-state index is 12.5. The third-order valence-electron chi connectivity index (χ3n) is 3.50. The highest BCUT2D eigenvalue weighted by molar-refractivity contribution is 5.91. The van der Waals surface area contributed by atoms with Crippen molar-refractivity contribution >= 4 is 29.3 Å². The molecule has 0 aliphatic rings. The summed E-state index contributed by atoms with van der Waals surface area (Å²) in [4.78, 5) is 12.5.